The first-order chi connectivity index (χ1) is 13.1. The molecule has 1 N–H and O–H groups in total. The second kappa shape index (κ2) is 6.94. The SMILES string of the molecule is C/C(C#N)=C/c1ccc[n+](B(F)P)c1/N=C1\Nc2cccc3cccc1c23. The van der Waals surface area contributed by atoms with E-state index in [9.17, 15) is 4.32 Å². The zero-order valence-corrected chi connectivity index (χ0v) is 15.8. The summed E-state index contributed by atoms with van der Waals surface area (Å²) in [5.74, 6) is 1.11. The van der Waals surface area contributed by atoms with Crippen molar-refractivity contribution in [3.63, 3.8) is 0 Å². The standard InChI is InChI=1S/C20H15BFN4P/c1-13(12-23)11-15-7-4-10-26(21(22)27)20(15)25-19-16-8-2-5-14-6-3-9-17(24-19)18(14)16/h2-11H,27H2,1H3/p+1/b13-11-. The van der Waals surface area contributed by atoms with Gasteiger partial charge in [-0.05, 0) is 47.6 Å². The van der Waals surface area contributed by atoms with E-state index in [0.29, 0.717) is 22.8 Å². The molecule has 2 heterocycles. The number of anilines is 1. The number of hydrogen-bond acceptors (Lipinski definition) is 2. The molecule has 0 aliphatic carbocycles. The summed E-state index contributed by atoms with van der Waals surface area (Å²) in [6.45, 7) is 0.381. The Balaban J connectivity index is 1.93. The minimum Gasteiger partial charge on any atom is -0.318 e. The summed E-state index contributed by atoms with van der Waals surface area (Å²) in [7, 11) is 2.14. The summed E-state index contributed by atoms with van der Waals surface area (Å²) >= 11 is 0. The highest BCUT2D eigenvalue weighted by atomic mass is 31.0. The number of nitriles is 1. The minimum absolute atomic E-state index is 0.446. The number of benzene rings is 2. The number of allylic oxidation sites excluding steroid dienone is 1. The Kier molecular flexibility index (Phi) is 4.47. The molecule has 7 heteroatoms. The van der Waals surface area contributed by atoms with Crippen LogP contribution in [0.4, 0.5) is 15.8 Å². The lowest BCUT2D eigenvalue weighted by Gasteiger charge is -2.04. The maximum absolute atomic E-state index is 14.2. The lowest BCUT2D eigenvalue weighted by atomic mass is 10.1. The molecule has 0 fully saturated rings. The number of rotatable bonds is 3. The number of nitrogens with one attached hydrogen (secondary N) is 1. The largest absolute Gasteiger partial charge is 0.601 e. The number of aliphatic imine (C=N–C) groups is 1. The molecule has 1 unspecified atom stereocenters. The lowest BCUT2D eigenvalue weighted by molar-refractivity contribution is -0.526. The molecule has 4 nitrogen and oxygen atoms in total. The molecule has 0 amide bonds. The molecule has 1 aliphatic heterocycles. The molecule has 130 valence electrons. The number of amidine groups is 1. The van der Waals surface area contributed by atoms with Crippen LogP contribution in [0.15, 0.2) is 65.3 Å². The second-order valence-electron chi connectivity index (χ2n) is 6.30. The van der Waals surface area contributed by atoms with E-state index in [1.165, 1.54) is 4.48 Å². The third-order valence-electron chi connectivity index (χ3n) is 4.47. The molecular formula is C20H16BFN4P+. The summed E-state index contributed by atoms with van der Waals surface area (Å²) in [4.78, 5) is 4.77. The highest BCUT2D eigenvalue weighted by molar-refractivity contribution is 7.58. The van der Waals surface area contributed by atoms with Crippen molar-refractivity contribution in [3.8, 4) is 6.07 Å². The summed E-state index contributed by atoms with van der Waals surface area (Å²) in [5, 5.41) is 14.7. The number of nitrogens with zero attached hydrogens (tertiary/aromatic N) is 3. The van der Waals surface area contributed by atoms with E-state index in [0.717, 1.165) is 22.0 Å². The van der Waals surface area contributed by atoms with E-state index < -0.39 is 6.84 Å². The quantitative estimate of drug-likeness (QED) is 0.424. The van der Waals surface area contributed by atoms with Crippen molar-refractivity contribution >= 4 is 50.2 Å². The Morgan fingerprint density at radius 1 is 1.26 bits per heavy atom. The lowest BCUT2D eigenvalue weighted by Crippen LogP contribution is -2.44. The predicted molar refractivity (Wildman–Crippen MR) is 112 cm³/mol. The van der Waals surface area contributed by atoms with Crippen LogP contribution in [0.5, 0.6) is 0 Å². The first kappa shape index (κ1) is 17.4. The van der Waals surface area contributed by atoms with Crippen LogP contribution in [0.1, 0.15) is 18.1 Å². The van der Waals surface area contributed by atoms with Gasteiger partial charge < -0.3 is 5.32 Å². The topological polar surface area (TPSA) is 52.1 Å². The molecule has 1 aliphatic rings. The molecular weight excluding hydrogens is 357 g/mol. The maximum Gasteiger partial charge on any atom is 0.601 e. The van der Waals surface area contributed by atoms with Gasteiger partial charge in [-0.15, -0.1) is 0 Å². The first-order valence-corrected chi connectivity index (χ1v) is 9.15. The van der Waals surface area contributed by atoms with Gasteiger partial charge in [-0.1, -0.05) is 33.4 Å². The fourth-order valence-electron chi connectivity index (χ4n) is 3.26. The average molecular weight is 373 g/mol. The third kappa shape index (κ3) is 3.11. The Morgan fingerprint density at radius 3 is 2.78 bits per heavy atom. The molecule has 0 saturated carbocycles. The fraction of sp³-hybridized carbons (Fsp3) is 0.0500. The van der Waals surface area contributed by atoms with Gasteiger partial charge in [-0.25, -0.2) is 0 Å². The van der Waals surface area contributed by atoms with Crippen molar-refractivity contribution in [2.45, 2.75) is 6.92 Å². The highest BCUT2D eigenvalue weighted by Crippen LogP contribution is 2.34. The van der Waals surface area contributed by atoms with E-state index in [-0.39, 0.29) is 0 Å². The number of pyridine rings is 1. The van der Waals surface area contributed by atoms with Crippen LogP contribution in [0.25, 0.3) is 16.8 Å². The molecule has 3 aromatic rings. The zero-order chi connectivity index (χ0) is 19.0. The van der Waals surface area contributed by atoms with E-state index in [1.807, 2.05) is 30.3 Å². The van der Waals surface area contributed by atoms with E-state index in [1.54, 1.807) is 25.3 Å². The van der Waals surface area contributed by atoms with Crippen molar-refractivity contribution in [2.24, 2.45) is 4.99 Å². The number of halogens is 1. The monoisotopic (exact) mass is 373 g/mol. The molecule has 1 atom stereocenters. The molecule has 27 heavy (non-hydrogen) atoms. The Morgan fingerprint density at radius 2 is 2.04 bits per heavy atom. The van der Waals surface area contributed by atoms with Crippen LogP contribution in [0.3, 0.4) is 0 Å². The average Bonchev–Trinajstić information content (AvgIpc) is 3.02. The van der Waals surface area contributed by atoms with Gasteiger partial charge in [0.25, 0.3) is 5.84 Å². The molecule has 2 aromatic carbocycles. The second-order valence-corrected chi connectivity index (χ2v) is 6.85. The van der Waals surface area contributed by atoms with Crippen LogP contribution < -0.4 is 9.79 Å². The molecule has 4 rings (SSSR count). The minimum atomic E-state index is -1.33. The zero-order valence-electron chi connectivity index (χ0n) is 14.6. The summed E-state index contributed by atoms with van der Waals surface area (Å²) in [6.07, 6.45) is 3.35. The van der Waals surface area contributed by atoms with Crippen LogP contribution in [-0.4, -0.2) is 12.7 Å². The summed E-state index contributed by atoms with van der Waals surface area (Å²) < 4.78 is 15.6. The Labute approximate surface area is 159 Å². The van der Waals surface area contributed by atoms with Crippen molar-refractivity contribution < 1.29 is 8.79 Å². The van der Waals surface area contributed by atoms with Gasteiger partial charge >= 0.3 is 12.7 Å². The van der Waals surface area contributed by atoms with E-state index >= 15 is 0 Å². The highest BCUT2D eigenvalue weighted by Gasteiger charge is 2.28. The van der Waals surface area contributed by atoms with Gasteiger partial charge in [0.05, 0.1) is 29.1 Å². The Bertz CT molecular complexity index is 1160. The summed E-state index contributed by atoms with van der Waals surface area (Å²) in [5.41, 5.74) is 3.17. The number of hydrogen-bond donors (Lipinski definition) is 1. The van der Waals surface area contributed by atoms with Crippen LogP contribution in [0.2, 0.25) is 0 Å². The van der Waals surface area contributed by atoms with Gasteiger partial charge in [0.15, 0.2) is 0 Å². The smallest absolute Gasteiger partial charge is 0.318 e. The van der Waals surface area contributed by atoms with Crippen molar-refractivity contribution in [2.75, 3.05) is 5.32 Å². The van der Waals surface area contributed by atoms with E-state index in [4.69, 9.17) is 10.3 Å². The van der Waals surface area contributed by atoms with Crippen molar-refractivity contribution in [1.29, 1.82) is 5.26 Å². The molecule has 0 radical (unpaired) electrons. The van der Waals surface area contributed by atoms with Crippen LogP contribution in [0, 0.1) is 11.3 Å². The molecule has 0 spiro atoms. The van der Waals surface area contributed by atoms with Crippen LogP contribution in [-0.2, 0) is 0 Å². The predicted octanol–water partition coefficient (Wildman–Crippen LogP) is 4.24. The molecule has 0 saturated heterocycles. The first-order valence-electron chi connectivity index (χ1n) is 8.48. The molecule has 0 bridgehead atoms. The molecule has 1 aromatic heterocycles. The van der Waals surface area contributed by atoms with Gasteiger partial charge in [-0.2, -0.15) is 5.26 Å². The maximum atomic E-state index is 14.2. The Hall–Kier alpha value is -3.03. The van der Waals surface area contributed by atoms with Gasteiger partial charge in [-0.3, -0.25) is 8.79 Å². The normalized spacial score (nSPS) is 14.3. The third-order valence-corrected chi connectivity index (χ3v) is 4.79. The van der Waals surface area contributed by atoms with Crippen LogP contribution >= 0.6 is 9.12 Å². The van der Waals surface area contributed by atoms with E-state index in [2.05, 4.69) is 32.6 Å². The fourth-order valence-corrected chi connectivity index (χ4v) is 3.51. The van der Waals surface area contributed by atoms with Gasteiger partial charge in [0.1, 0.15) is 0 Å². The van der Waals surface area contributed by atoms with Gasteiger partial charge in [0.2, 0.25) is 0 Å². The van der Waals surface area contributed by atoms with Crippen molar-refractivity contribution in [1.82, 2.24) is 0 Å². The van der Waals surface area contributed by atoms with Gasteiger partial charge in [0, 0.05) is 11.0 Å². The summed E-state index contributed by atoms with van der Waals surface area (Å²) in [6, 6.07) is 17.8. The number of aromatic nitrogens is 1. The van der Waals surface area contributed by atoms with Crippen molar-refractivity contribution in [3.05, 3.63) is 71.4 Å².